The maximum Gasteiger partial charge on any atom is 0.407 e. The first-order valence-corrected chi connectivity index (χ1v) is 18.1. The van der Waals surface area contributed by atoms with Crippen molar-refractivity contribution in [2.24, 2.45) is 0 Å². The molecule has 0 aliphatic heterocycles. The molecule has 2 aromatic rings. The number of amides is 2. The molecule has 0 fully saturated rings. The van der Waals surface area contributed by atoms with E-state index in [1.807, 2.05) is 102 Å². The van der Waals surface area contributed by atoms with Crippen LogP contribution >= 0.6 is 77.7 Å². The van der Waals surface area contributed by atoms with Crippen LogP contribution in [0.1, 0.15) is 70.4 Å². The minimum atomic E-state index is -0.383. The van der Waals surface area contributed by atoms with Gasteiger partial charge in [0.15, 0.2) is 0 Å². The molecular formula is C41H72Cl3N5O10S3. The summed E-state index contributed by atoms with van der Waals surface area (Å²) < 4.78 is 15.4. The van der Waals surface area contributed by atoms with Gasteiger partial charge in [0.1, 0.15) is 18.8 Å². The second-order valence-corrected chi connectivity index (χ2v) is 12.6. The lowest BCUT2D eigenvalue weighted by Crippen LogP contribution is -2.36. The Morgan fingerprint density at radius 2 is 1.00 bits per heavy atom. The van der Waals surface area contributed by atoms with Gasteiger partial charge in [-0.15, -0.1) is 50.4 Å². The molecule has 2 amide bonds. The third-order valence-corrected chi connectivity index (χ3v) is 6.69. The lowest BCUT2D eigenvalue weighted by molar-refractivity contribution is -0.193. The van der Waals surface area contributed by atoms with Crippen LogP contribution in [0.2, 0.25) is 0 Å². The van der Waals surface area contributed by atoms with Crippen molar-refractivity contribution in [1.29, 1.82) is 0 Å². The molecule has 360 valence electrons. The van der Waals surface area contributed by atoms with Gasteiger partial charge in [-0.3, -0.25) is 4.79 Å². The third kappa shape index (κ3) is 58.6. The van der Waals surface area contributed by atoms with Crippen LogP contribution in [0.25, 0.3) is 0 Å². The van der Waals surface area contributed by atoms with E-state index < -0.39 is 0 Å². The SMILES string of the molecule is C=CCC(CCCCNC)NC(=O)OCc1ccccc1.C=CCC(CCNC)NC(=O)OCc1ccccc1.CNCC(=O)OC(C)(C)C.Cl.Cl.Cl.O=C=O.O=C=O.S.S.S. The molecule has 2 atom stereocenters. The standard InChI is InChI=1S/C17H26N2O2.C15H22N2O2.C7H15NO2.2CO2.3ClH.3H2S/c1-3-9-16(12-7-8-13-18-2)19-17(20)21-14-15-10-5-4-6-11-15;1-3-7-14(10-11-16-2)17-15(18)19-12-13-8-5-4-6-9-13;1-7(2,3)10-6(9)5-8-4;2*2-1-3;;;;;;/h3-6,10-11,16,18H,1,7-9,12-14H2,2H3,(H,19,20);3-6,8-9,14,16H,1,7,10-12H2,2H3,(H,17,18);8H,5H2,1-4H3;;;3*1H;3*1H2. The quantitative estimate of drug-likeness (QED) is 0.0406. The number of alkyl carbamates (subject to hydrolysis) is 2. The van der Waals surface area contributed by atoms with E-state index in [4.69, 9.17) is 33.4 Å². The van der Waals surface area contributed by atoms with Crippen molar-refractivity contribution >= 4 is 108 Å². The fourth-order valence-electron chi connectivity index (χ4n) is 4.30. The molecule has 2 aromatic carbocycles. The number of halogens is 3. The molecule has 0 aromatic heterocycles. The van der Waals surface area contributed by atoms with Crippen molar-refractivity contribution < 1.29 is 47.8 Å². The van der Waals surface area contributed by atoms with Gasteiger partial charge in [-0.25, -0.2) is 9.59 Å². The molecule has 0 saturated carbocycles. The molecule has 0 heterocycles. The fourth-order valence-corrected chi connectivity index (χ4v) is 4.30. The molecule has 0 aliphatic carbocycles. The smallest absolute Gasteiger partial charge is 0.407 e. The Labute approximate surface area is 408 Å². The summed E-state index contributed by atoms with van der Waals surface area (Å²) >= 11 is 0. The first-order valence-electron chi connectivity index (χ1n) is 18.1. The Bertz CT molecular complexity index is 1380. The number of rotatable bonds is 20. The minimum Gasteiger partial charge on any atom is -0.459 e. The summed E-state index contributed by atoms with van der Waals surface area (Å²) in [5.41, 5.74) is 1.60. The van der Waals surface area contributed by atoms with Gasteiger partial charge in [-0.2, -0.15) is 59.7 Å². The molecular weight excluding hydrogens is 925 g/mol. The number of carbonyl (C=O) groups is 3. The predicted molar refractivity (Wildman–Crippen MR) is 266 cm³/mol. The highest BCUT2D eigenvalue weighted by Gasteiger charge is 2.15. The average molecular weight is 998 g/mol. The first-order chi connectivity index (χ1) is 26.8. The summed E-state index contributed by atoms with van der Waals surface area (Å²) in [5, 5.41) is 14.7. The summed E-state index contributed by atoms with van der Waals surface area (Å²) in [6.07, 6.45) is 8.85. The van der Waals surface area contributed by atoms with Crippen LogP contribution in [0.15, 0.2) is 86.0 Å². The van der Waals surface area contributed by atoms with E-state index in [0.717, 1.165) is 62.7 Å². The lowest BCUT2D eigenvalue weighted by atomic mass is 10.1. The molecule has 0 saturated heterocycles. The van der Waals surface area contributed by atoms with E-state index in [1.165, 1.54) is 0 Å². The van der Waals surface area contributed by atoms with Gasteiger partial charge in [-0.05, 0) is 98.2 Å². The molecule has 62 heavy (non-hydrogen) atoms. The first kappa shape index (κ1) is 78.9. The van der Waals surface area contributed by atoms with Gasteiger partial charge in [0.2, 0.25) is 0 Å². The van der Waals surface area contributed by atoms with Gasteiger partial charge in [0.25, 0.3) is 0 Å². The zero-order valence-corrected chi connectivity index (χ0v) is 42.0. The van der Waals surface area contributed by atoms with Gasteiger partial charge in [0.05, 0.1) is 6.54 Å². The summed E-state index contributed by atoms with van der Waals surface area (Å²) in [6.45, 7) is 15.7. The topological polar surface area (TPSA) is 207 Å². The molecule has 0 spiro atoms. The number of nitrogens with one attached hydrogen (secondary N) is 5. The average Bonchev–Trinajstić information content (AvgIpc) is 3.15. The van der Waals surface area contributed by atoms with Crippen molar-refractivity contribution in [3.05, 3.63) is 97.1 Å². The molecule has 2 rings (SSSR count). The molecule has 2 unspecified atom stereocenters. The highest BCUT2D eigenvalue weighted by atomic mass is 35.5. The highest BCUT2D eigenvalue weighted by Crippen LogP contribution is 2.08. The fraction of sp³-hybridized carbons (Fsp3) is 0.488. The summed E-state index contributed by atoms with van der Waals surface area (Å²) in [7, 11) is 5.54. The van der Waals surface area contributed by atoms with Crippen LogP contribution < -0.4 is 26.6 Å². The van der Waals surface area contributed by atoms with E-state index in [9.17, 15) is 14.4 Å². The van der Waals surface area contributed by atoms with E-state index >= 15 is 0 Å². The number of ether oxygens (including phenoxy) is 3. The van der Waals surface area contributed by atoms with Gasteiger partial charge >= 0.3 is 30.5 Å². The van der Waals surface area contributed by atoms with Crippen LogP contribution in [0.3, 0.4) is 0 Å². The Balaban J connectivity index is -0.0000000905. The number of likely N-dealkylation sites (N-methyl/N-ethyl adjacent to an activating group) is 1. The zero-order chi connectivity index (χ0) is 42.9. The van der Waals surface area contributed by atoms with E-state index in [2.05, 4.69) is 39.7 Å². The van der Waals surface area contributed by atoms with E-state index in [1.54, 1.807) is 13.1 Å². The van der Waals surface area contributed by atoms with Crippen molar-refractivity contribution in [2.45, 2.75) is 90.2 Å². The van der Waals surface area contributed by atoms with Crippen LogP contribution in [-0.2, 0) is 51.4 Å². The molecule has 5 N–H and O–H groups in total. The molecule has 0 radical (unpaired) electrons. The Kier molecular flexibility index (Phi) is 73.2. The monoisotopic (exact) mass is 995 g/mol. The normalized spacial score (nSPS) is 9.58. The van der Waals surface area contributed by atoms with Crippen LogP contribution in [0.4, 0.5) is 9.59 Å². The maximum atomic E-state index is 11.8. The summed E-state index contributed by atoms with van der Waals surface area (Å²) in [4.78, 5) is 66.8. The van der Waals surface area contributed by atoms with Crippen LogP contribution in [0, 0.1) is 0 Å². The zero-order valence-electron chi connectivity index (χ0n) is 36.6. The van der Waals surface area contributed by atoms with Crippen molar-refractivity contribution in [1.82, 2.24) is 26.6 Å². The second-order valence-electron chi connectivity index (χ2n) is 12.6. The molecule has 15 nitrogen and oxygen atoms in total. The lowest BCUT2D eigenvalue weighted by Gasteiger charge is -2.19. The summed E-state index contributed by atoms with van der Waals surface area (Å²) in [6, 6.07) is 19.5. The molecule has 0 aliphatic rings. The maximum absolute atomic E-state index is 11.8. The number of hydrogen-bond acceptors (Lipinski definition) is 13. The van der Waals surface area contributed by atoms with Crippen molar-refractivity contribution in [3.8, 4) is 0 Å². The number of esters is 1. The van der Waals surface area contributed by atoms with Gasteiger partial charge in [0, 0.05) is 12.1 Å². The third-order valence-electron chi connectivity index (χ3n) is 6.69. The number of hydrogen-bond donors (Lipinski definition) is 5. The number of unbranched alkanes of at least 4 members (excludes halogenated alkanes) is 1. The van der Waals surface area contributed by atoms with Gasteiger partial charge in [-0.1, -0.05) is 79.2 Å². The number of carbonyl (C=O) groups excluding carboxylic acids is 7. The Morgan fingerprint density at radius 1 is 0.629 bits per heavy atom. The van der Waals surface area contributed by atoms with Crippen molar-refractivity contribution in [3.63, 3.8) is 0 Å². The van der Waals surface area contributed by atoms with Gasteiger partial charge < -0.3 is 40.8 Å². The van der Waals surface area contributed by atoms with E-state index in [-0.39, 0.29) is 132 Å². The predicted octanol–water partition coefficient (Wildman–Crippen LogP) is 6.70. The number of benzene rings is 2. The van der Waals surface area contributed by atoms with Crippen LogP contribution in [-0.4, -0.2) is 88.9 Å². The Morgan fingerprint density at radius 3 is 1.32 bits per heavy atom. The van der Waals surface area contributed by atoms with Crippen LogP contribution in [0.5, 0.6) is 0 Å². The molecule has 0 bridgehead atoms. The minimum absolute atomic E-state index is 0. The Hall–Kier alpha value is -3.51. The summed E-state index contributed by atoms with van der Waals surface area (Å²) in [5.74, 6) is -0.213. The van der Waals surface area contributed by atoms with E-state index in [0.29, 0.717) is 13.2 Å². The molecule has 21 heteroatoms. The largest absolute Gasteiger partial charge is 0.459 e. The van der Waals surface area contributed by atoms with Crippen molar-refractivity contribution in [2.75, 3.05) is 40.8 Å². The highest BCUT2D eigenvalue weighted by molar-refractivity contribution is 7.59. The second kappa shape index (κ2) is 57.5.